The quantitative estimate of drug-likeness (QED) is 0.520. The fourth-order valence-electron chi connectivity index (χ4n) is 3.46. The van der Waals surface area contributed by atoms with Gasteiger partial charge in [0, 0.05) is 30.9 Å². The lowest BCUT2D eigenvalue weighted by Gasteiger charge is -2.16. The minimum absolute atomic E-state index is 0.0915. The summed E-state index contributed by atoms with van der Waals surface area (Å²) in [6.07, 6.45) is 0.618. The van der Waals surface area contributed by atoms with E-state index in [0.29, 0.717) is 30.2 Å². The second-order valence-corrected chi connectivity index (χ2v) is 7.56. The van der Waals surface area contributed by atoms with Gasteiger partial charge in [-0.2, -0.15) is 4.98 Å². The van der Waals surface area contributed by atoms with Crippen LogP contribution in [0.3, 0.4) is 0 Å². The number of nitrogens with one attached hydrogen (secondary N) is 1. The van der Waals surface area contributed by atoms with Gasteiger partial charge >= 0.3 is 0 Å². The smallest absolute Gasteiger partial charge is 0.274 e. The molecule has 0 bridgehead atoms. The summed E-state index contributed by atoms with van der Waals surface area (Å²) < 4.78 is 18.7. The van der Waals surface area contributed by atoms with Crippen LogP contribution in [0.1, 0.15) is 22.5 Å². The Kier molecular flexibility index (Phi) is 5.35. The fourth-order valence-corrected chi connectivity index (χ4v) is 3.46. The van der Waals surface area contributed by atoms with Crippen molar-refractivity contribution >= 4 is 16.8 Å². The molecule has 2 aromatic carbocycles. The molecule has 0 aliphatic rings. The third-order valence-corrected chi connectivity index (χ3v) is 5.24. The Hall–Kier alpha value is -3.48. The number of nitrogens with zero attached hydrogens (tertiary/aromatic N) is 3. The summed E-state index contributed by atoms with van der Waals surface area (Å²) in [6, 6.07) is 12.3. The number of H-pyrrole nitrogens is 1. The molecular weight excluding hydrogens is 383 g/mol. The number of aromatic nitrogens is 3. The van der Waals surface area contributed by atoms with Gasteiger partial charge in [-0.1, -0.05) is 28.9 Å². The SMILES string of the molecule is Cc1ccc2[nH]c(-c3nc(CCN(C)C(=O)Cc4cccc(F)c4)no3)c(C)c2c1. The number of amides is 1. The highest BCUT2D eigenvalue weighted by Gasteiger charge is 2.17. The van der Waals surface area contributed by atoms with Crippen LogP contribution >= 0.6 is 0 Å². The summed E-state index contributed by atoms with van der Waals surface area (Å²) in [6.45, 7) is 4.52. The van der Waals surface area contributed by atoms with E-state index in [2.05, 4.69) is 34.2 Å². The molecule has 154 valence electrons. The maximum Gasteiger partial charge on any atom is 0.274 e. The van der Waals surface area contributed by atoms with E-state index in [1.165, 1.54) is 17.7 Å². The van der Waals surface area contributed by atoms with Gasteiger partial charge in [-0.05, 0) is 49.2 Å². The molecule has 0 spiro atoms. The maximum absolute atomic E-state index is 13.3. The Labute approximate surface area is 173 Å². The van der Waals surface area contributed by atoms with Gasteiger partial charge in [0.15, 0.2) is 5.82 Å². The van der Waals surface area contributed by atoms with E-state index >= 15 is 0 Å². The number of rotatable bonds is 6. The van der Waals surface area contributed by atoms with Crippen LogP contribution in [0.25, 0.3) is 22.5 Å². The van der Waals surface area contributed by atoms with Gasteiger partial charge in [0.25, 0.3) is 5.89 Å². The number of halogens is 1. The molecule has 0 unspecified atom stereocenters. The molecule has 7 heteroatoms. The molecule has 0 aliphatic heterocycles. The molecule has 0 saturated heterocycles. The predicted octanol–water partition coefficient (Wildman–Crippen LogP) is 4.22. The first kappa shape index (κ1) is 19.8. The molecule has 1 N–H and O–H groups in total. The van der Waals surface area contributed by atoms with Gasteiger partial charge in [-0.3, -0.25) is 4.79 Å². The van der Waals surface area contributed by atoms with Crippen LogP contribution in [0.2, 0.25) is 0 Å². The Morgan fingerprint density at radius 3 is 2.83 bits per heavy atom. The number of likely N-dealkylation sites (N-methyl/N-ethyl adjacent to an activating group) is 1. The lowest BCUT2D eigenvalue weighted by molar-refractivity contribution is -0.129. The van der Waals surface area contributed by atoms with Crippen LogP contribution in [0.5, 0.6) is 0 Å². The van der Waals surface area contributed by atoms with E-state index < -0.39 is 0 Å². The third-order valence-electron chi connectivity index (χ3n) is 5.24. The van der Waals surface area contributed by atoms with Crippen molar-refractivity contribution in [3.8, 4) is 11.6 Å². The number of fused-ring (bicyclic) bond motifs is 1. The first-order valence-corrected chi connectivity index (χ1v) is 9.81. The number of carbonyl (C=O) groups is 1. The molecular formula is C23H23FN4O2. The molecule has 4 aromatic rings. The third kappa shape index (κ3) is 4.10. The molecule has 2 heterocycles. The van der Waals surface area contributed by atoms with Gasteiger partial charge in [0.05, 0.1) is 6.42 Å². The first-order chi connectivity index (χ1) is 14.4. The first-order valence-electron chi connectivity index (χ1n) is 9.81. The summed E-state index contributed by atoms with van der Waals surface area (Å²) in [4.78, 5) is 21.8. The van der Waals surface area contributed by atoms with E-state index in [1.807, 2.05) is 13.0 Å². The number of aryl methyl sites for hydroxylation is 2. The zero-order chi connectivity index (χ0) is 21.3. The van der Waals surface area contributed by atoms with Gasteiger partial charge in [0.2, 0.25) is 5.91 Å². The molecule has 0 fully saturated rings. The van der Waals surface area contributed by atoms with Crippen molar-refractivity contribution in [2.24, 2.45) is 0 Å². The Morgan fingerprint density at radius 2 is 2.03 bits per heavy atom. The van der Waals surface area contributed by atoms with Gasteiger partial charge in [-0.15, -0.1) is 0 Å². The van der Waals surface area contributed by atoms with Gasteiger partial charge < -0.3 is 14.4 Å². The van der Waals surface area contributed by atoms with E-state index in [9.17, 15) is 9.18 Å². The number of hydrogen-bond acceptors (Lipinski definition) is 4. The van der Waals surface area contributed by atoms with E-state index in [1.54, 1.807) is 24.1 Å². The summed E-state index contributed by atoms with van der Waals surface area (Å²) in [5.74, 6) is 0.533. The Balaban J connectivity index is 1.41. The molecule has 0 radical (unpaired) electrons. The summed E-state index contributed by atoms with van der Waals surface area (Å²) in [7, 11) is 1.72. The summed E-state index contributed by atoms with van der Waals surface area (Å²) in [5.41, 5.74) is 4.73. The number of aromatic amines is 1. The topological polar surface area (TPSA) is 75.0 Å². The summed E-state index contributed by atoms with van der Waals surface area (Å²) in [5, 5.41) is 5.19. The lowest BCUT2D eigenvalue weighted by Crippen LogP contribution is -2.30. The van der Waals surface area contributed by atoms with E-state index in [0.717, 1.165) is 22.2 Å². The summed E-state index contributed by atoms with van der Waals surface area (Å²) >= 11 is 0. The Morgan fingerprint density at radius 1 is 1.20 bits per heavy atom. The largest absolute Gasteiger partial charge is 0.350 e. The average molecular weight is 406 g/mol. The maximum atomic E-state index is 13.3. The van der Waals surface area contributed by atoms with Crippen molar-refractivity contribution in [1.82, 2.24) is 20.0 Å². The van der Waals surface area contributed by atoms with Gasteiger partial charge in [-0.25, -0.2) is 4.39 Å². The second kappa shape index (κ2) is 8.10. The zero-order valence-corrected chi connectivity index (χ0v) is 17.2. The average Bonchev–Trinajstić information content (AvgIpc) is 3.31. The monoisotopic (exact) mass is 406 g/mol. The van der Waals surface area contributed by atoms with E-state index in [4.69, 9.17) is 4.52 Å². The molecule has 2 aromatic heterocycles. The van der Waals surface area contributed by atoms with Crippen molar-refractivity contribution < 1.29 is 13.7 Å². The van der Waals surface area contributed by atoms with Crippen molar-refractivity contribution in [3.63, 3.8) is 0 Å². The molecule has 30 heavy (non-hydrogen) atoms. The highest BCUT2D eigenvalue weighted by atomic mass is 19.1. The van der Waals surface area contributed by atoms with Crippen LogP contribution in [0, 0.1) is 19.7 Å². The normalized spacial score (nSPS) is 11.2. The Bertz CT molecular complexity index is 1210. The molecule has 0 aliphatic carbocycles. The highest BCUT2D eigenvalue weighted by molar-refractivity contribution is 5.89. The van der Waals surface area contributed by atoms with Crippen LogP contribution in [0.4, 0.5) is 4.39 Å². The minimum Gasteiger partial charge on any atom is -0.350 e. The van der Waals surface area contributed by atoms with E-state index in [-0.39, 0.29) is 18.1 Å². The highest BCUT2D eigenvalue weighted by Crippen LogP contribution is 2.29. The second-order valence-electron chi connectivity index (χ2n) is 7.56. The van der Waals surface area contributed by atoms with Crippen LogP contribution in [0.15, 0.2) is 47.0 Å². The number of carbonyl (C=O) groups excluding carboxylic acids is 1. The van der Waals surface area contributed by atoms with Crippen molar-refractivity contribution in [1.29, 1.82) is 0 Å². The predicted molar refractivity (Wildman–Crippen MR) is 113 cm³/mol. The van der Waals surface area contributed by atoms with Gasteiger partial charge in [0.1, 0.15) is 11.5 Å². The molecule has 1 amide bonds. The fraction of sp³-hybridized carbons (Fsp3) is 0.261. The molecule has 0 atom stereocenters. The van der Waals surface area contributed by atoms with Crippen LogP contribution in [-0.2, 0) is 17.6 Å². The lowest BCUT2D eigenvalue weighted by atomic mass is 10.1. The van der Waals surface area contributed by atoms with Crippen molar-refractivity contribution in [3.05, 3.63) is 70.8 Å². The molecule has 6 nitrogen and oxygen atoms in total. The van der Waals surface area contributed by atoms with Crippen molar-refractivity contribution in [2.45, 2.75) is 26.7 Å². The molecule has 4 rings (SSSR count). The standard InChI is InChI=1S/C23H23FN4O2/c1-14-7-8-19-18(11-14)15(2)22(25-19)23-26-20(27-30-23)9-10-28(3)21(29)13-16-5-4-6-17(24)12-16/h4-8,11-12,25H,9-10,13H2,1-3H3. The number of hydrogen-bond donors (Lipinski definition) is 1. The zero-order valence-electron chi connectivity index (χ0n) is 17.2. The molecule has 0 saturated carbocycles. The minimum atomic E-state index is -0.343. The van der Waals surface area contributed by atoms with Crippen LogP contribution in [-0.4, -0.2) is 39.5 Å². The van der Waals surface area contributed by atoms with Crippen molar-refractivity contribution in [2.75, 3.05) is 13.6 Å². The number of benzene rings is 2. The van der Waals surface area contributed by atoms with Crippen LogP contribution < -0.4 is 0 Å².